The molecule has 0 spiro atoms. The van der Waals surface area contributed by atoms with Crippen molar-refractivity contribution in [1.82, 2.24) is 0 Å². The molecule has 1 nitrogen and oxygen atoms in total. The van der Waals surface area contributed by atoms with Crippen LogP contribution < -0.4 is 0 Å². The summed E-state index contributed by atoms with van der Waals surface area (Å²) in [6, 6.07) is 0. The molecule has 0 unspecified atom stereocenters. The molecule has 40 valence electrons. The fraction of sp³-hybridized carbons (Fsp3) is 0.333. The molecule has 0 N–H and O–H groups in total. The Balaban J connectivity index is 3.36. The van der Waals surface area contributed by atoms with E-state index in [1.165, 1.54) is 0 Å². The molecule has 0 aliphatic rings. The van der Waals surface area contributed by atoms with E-state index in [0.717, 1.165) is 0 Å². The van der Waals surface area contributed by atoms with Gasteiger partial charge in [0.25, 0.3) is 0 Å². The molecule has 1 heteroatoms. The van der Waals surface area contributed by atoms with Crippen molar-refractivity contribution in [2.24, 2.45) is 0 Å². The van der Waals surface area contributed by atoms with Crippen LogP contribution in [0.4, 0.5) is 0 Å². The average molecular weight is 98.1 g/mol. The van der Waals surface area contributed by atoms with Crippen LogP contribution in [-0.2, 0) is 4.74 Å². The first-order valence-corrected chi connectivity index (χ1v) is 2.13. The standard InChI is InChI=1S/C6H10O/c1-4-6(5-2)7-3/h4-6H,1-2H2,3H3. The predicted octanol–water partition coefficient (Wildman–Crippen LogP) is 1.37. The average Bonchev–Trinajstić information content (AvgIpc) is 1.72. The monoisotopic (exact) mass is 98.1 g/mol. The predicted molar refractivity (Wildman–Crippen MR) is 31.2 cm³/mol. The van der Waals surface area contributed by atoms with Gasteiger partial charge in [-0.25, -0.2) is 0 Å². The molecule has 0 bridgehead atoms. The highest BCUT2D eigenvalue weighted by Gasteiger charge is 1.87. The van der Waals surface area contributed by atoms with Crippen LogP contribution in [0.1, 0.15) is 0 Å². The van der Waals surface area contributed by atoms with Gasteiger partial charge in [-0.15, -0.1) is 13.2 Å². The second-order valence-electron chi connectivity index (χ2n) is 1.17. The van der Waals surface area contributed by atoms with E-state index in [9.17, 15) is 0 Å². The van der Waals surface area contributed by atoms with Crippen LogP contribution in [0.5, 0.6) is 0 Å². The smallest absolute Gasteiger partial charge is 0.0928 e. The van der Waals surface area contributed by atoms with Crippen LogP contribution in [-0.4, -0.2) is 13.2 Å². The normalized spacial score (nSPS) is 8.86. The van der Waals surface area contributed by atoms with E-state index in [0.29, 0.717) is 0 Å². The van der Waals surface area contributed by atoms with Crippen molar-refractivity contribution in [3.63, 3.8) is 0 Å². The van der Waals surface area contributed by atoms with Gasteiger partial charge in [-0.3, -0.25) is 0 Å². The Morgan fingerprint density at radius 2 is 1.86 bits per heavy atom. The van der Waals surface area contributed by atoms with Crippen molar-refractivity contribution in [1.29, 1.82) is 0 Å². The van der Waals surface area contributed by atoms with E-state index in [1.807, 2.05) is 0 Å². The summed E-state index contributed by atoms with van der Waals surface area (Å²) in [4.78, 5) is 0. The molecule has 0 saturated carbocycles. The van der Waals surface area contributed by atoms with E-state index in [-0.39, 0.29) is 6.10 Å². The largest absolute Gasteiger partial charge is 0.373 e. The third-order valence-electron chi connectivity index (χ3n) is 0.737. The van der Waals surface area contributed by atoms with Crippen molar-refractivity contribution in [2.75, 3.05) is 7.11 Å². The molecule has 0 rings (SSSR count). The number of hydrogen-bond acceptors (Lipinski definition) is 1. The van der Waals surface area contributed by atoms with Crippen LogP contribution in [0.2, 0.25) is 0 Å². The molecule has 0 aliphatic heterocycles. The van der Waals surface area contributed by atoms with Gasteiger partial charge < -0.3 is 4.74 Å². The van der Waals surface area contributed by atoms with Crippen molar-refractivity contribution in [2.45, 2.75) is 6.10 Å². The molecular weight excluding hydrogens is 88.1 g/mol. The highest BCUT2D eigenvalue weighted by Crippen LogP contribution is 1.88. The Kier molecular flexibility index (Phi) is 3.33. The Morgan fingerprint density at radius 1 is 1.43 bits per heavy atom. The second-order valence-corrected chi connectivity index (χ2v) is 1.17. The van der Waals surface area contributed by atoms with E-state index < -0.39 is 0 Å². The maximum Gasteiger partial charge on any atom is 0.0928 e. The molecule has 0 fully saturated rings. The Morgan fingerprint density at radius 3 is 1.86 bits per heavy atom. The summed E-state index contributed by atoms with van der Waals surface area (Å²) in [5.74, 6) is 0. The number of rotatable bonds is 3. The van der Waals surface area contributed by atoms with Gasteiger partial charge in [0.2, 0.25) is 0 Å². The Labute approximate surface area is 44.3 Å². The summed E-state index contributed by atoms with van der Waals surface area (Å²) in [5.41, 5.74) is 0. The molecule has 0 radical (unpaired) electrons. The zero-order valence-corrected chi connectivity index (χ0v) is 4.55. The third-order valence-corrected chi connectivity index (χ3v) is 0.737. The summed E-state index contributed by atoms with van der Waals surface area (Å²) in [7, 11) is 1.62. The zero-order valence-electron chi connectivity index (χ0n) is 4.55. The molecular formula is C6H10O. The minimum Gasteiger partial charge on any atom is -0.373 e. The van der Waals surface area contributed by atoms with E-state index in [2.05, 4.69) is 13.2 Å². The molecule has 0 atom stereocenters. The first kappa shape index (κ1) is 6.44. The first-order chi connectivity index (χ1) is 3.35. The fourth-order valence-corrected chi connectivity index (χ4v) is 0.289. The molecule has 0 aromatic rings. The van der Waals surface area contributed by atoms with Crippen LogP contribution in [0.15, 0.2) is 25.3 Å². The van der Waals surface area contributed by atoms with Crippen molar-refractivity contribution >= 4 is 0 Å². The first-order valence-electron chi connectivity index (χ1n) is 2.13. The van der Waals surface area contributed by atoms with E-state index >= 15 is 0 Å². The van der Waals surface area contributed by atoms with Crippen LogP contribution in [0.3, 0.4) is 0 Å². The summed E-state index contributed by atoms with van der Waals surface area (Å²) in [5, 5.41) is 0. The lowest BCUT2D eigenvalue weighted by atomic mass is 10.3. The molecule has 0 saturated heterocycles. The van der Waals surface area contributed by atoms with Gasteiger partial charge in [-0.1, -0.05) is 12.2 Å². The highest BCUT2D eigenvalue weighted by atomic mass is 16.5. The SMILES string of the molecule is C=CC(C=C)OC. The minimum absolute atomic E-state index is 0.0139. The molecule has 0 amide bonds. The molecule has 0 heterocycles. The second kappa shape index (κ2) is 3.62. The lowest BCUT2D eigenvalue weighted by molar-refractivity contribution is 0.178. The minimum atomic E-state index is 0.0139. The van der Waals surface area contributed by atoms with Gasteiger partial charge in [0.1, 0.15) is 0 Å². The molecule has 0 aromatic heterocycles. The molecule has 7 heavy (non-hydrogen) atoms. The Hall–Kier alpha value is -0.560. The summed E-state index contributed by atoms with van der Waals surface area (Å²) < 4.78 is 4.81. The maximum absolute atomic E-state index is 4.81. The van der Waals surface area contributed by atoms with Crippen molar-refractivity contribution in [3.8, 4) is 0 Å². The third kappa shape index (κ3) is 2.18. The van der Waals surface area contributed by atoms with Crippen LogP contribution >= 0.6 is 0 Å². The highest BCUT2D eigenvalue weighted by molar-refractivity contribution is 4.93. The quantitative estimate of drug-likeness (QED) is 0.484. The fourth-order valence-electron chi connectivity index (χ4n) is 0.289. The van der Waals surface area contributed by atoms with Gasteiger partial charge in [0, 0.05) is 7.11 Å². The number of methoxy groups -OCH3 is 1. The Bertz CT molecular complexity index is 58.6. The van der Waals surface area contributed by atoms with Gasteiger partial charge in [-0.2, -0.15) is 0 Å². The summed E-state index contributed by atoms with van der Waals surface area (Å²) in [6.07, 6.45) is 3.39. The van der Waals surface area contributed by atoms with E-state index in [1.54, 1.807) is 19.3 Å². The maximum atomic E-state index is 4.81. The van der Waals surface area contributed by atoms with Gasteiger partial charge in [0.05, 0.1) is 6.10 Å². The zero-order chi connectivity index (χ0) is 5.70. The molecule has 0 aromatic carbocycles. The van der Waals surface area contributed by atoms with Gasteiger partial charge in [-0.05, 0) is 0 Å². The number of ether oxygens (including phenoxy) is 1. The van der Waals surface area contributed by atoms with Crippen LogP contribution in [0.25, 0.3) is 0 Å². The molecule has 0 aliphatic carbocycles. The topological polar surface area (TPSA) is 9.23 Å². The van der Waals surface area contributed by atoms with Gasteiger partial charge >= 0.3 is 0 Å². The van der Waals surface area contributed by atoms with Crippen molar-refractivity contribution in [3.05, 3.63) is 25.3 Å². The summed E-state index contributed by atoms with van der Waals surface area (Å²) >= 11 is 0. The lowest BCUT2D eigenvalue weighted by Gasteiger charge is -1.99. The van der Waals surface area contributed by atoms with Crippen LogP contribution in [0, 0.1) is 0 Å². The van der Waals surface area contributed by atoms with Gasteiger partial charge in [0.15, 0.2) is 0 Å². The lowest BCUT2D eigenvalue weighted by Crippen LogP contribution is -1.99. The van der Waals surface area contributed by atoms with E-state index in [4.69, 9.17) is 4.74 Å². The summed E-state index contributed by atoms with van der Waals surface area (Å²) in [6.45, 7) is 7.01. The number of hydrogen-bond donors (Lipinski definition) is 0. The van der Waals surface area contributed by atoms with Crippen molar-refractivity contribution < 1.29 is 4.74 Å².